The maximum absolute atomic E-state index is 14.0. The predicted octanol–water partition coefficient (Wildman–Crippen LogP) is 4.53. The minimum atomic E-state index is -1.52. The molecule has 0 spiro atoms. The van der Waals surface area contributed by atoms with Crippen LogP contribution >= 0.6 is 40.0 Å². The second-order valence-electron chi connectivity index (χ2n) is 4.91. The van der Waals surface area contributed by atoms with Gasteiger partial charge in [0.05, 0.1) is 15.6 Å². The van der Waals surface area contributed by atoms with Gasteiger partial charge in [0.1, 0.15) is 11.9 Å². The van der Waals surface area contributed by atoms with Crippen LogP contribution in [0, 0.1) is 28.3 Å². The van der Waals surface area contributed by atoms with Crippen LogP contribution in [0.2, 0.25) is 5.02 Å². The highest BCUT2D eigenvalue weighted by molar-refractivity contribution is 14.2. The van der Waals surface area contributed by atoms with E-state index in [0.717, 1.165) is 12.3 Å². The van der Waals surface area contributed by atoms with Gasteiger partial charge >= 0.3 is 0 Å². The summed E-state index contributed by atoms with van der Waals surface area (Å²) in [5, 5.41) is 32.5. The van der Waals surface area contributed by atoms with Crippen LogP contribution in [0.25, 0.3) is 0 Å². The molecule has 0 aliphatic heterocycles. The molecule has 0 fully saturated rings. The highest BCUT2D eigenvalue weighted by Gasteiger charge is 2.29. The lowest BCUT2D eigenvalue weighted by Gasteiger charge is -2.17. The Labute approximate surface area is 162 Å². The number of rotatable bonds is 6. The van der Waals surface area contributed by atoms with Crippen LogP contribution < -0.4 is 5.09 Å². The standard InChI is InChI=1S/C14H12ClFIN4O3P/c1-6-9(15)5-19-12(13(6)21(23)24)14(22)7-2-3-10(16)11(20-25-17)8(7)4-18/h2-5,14,18,20,22,25H,1H3. The number of aliphatic hydroxyl groups is 1. The lowest BCUT2D eigenvalue weighted by Crippen LogP contribution is -2.11. The highest BCUT2D eigenvalue weighted by Crippen LogP contribution is 2.38. The van der Waals surface area contributed by atoms with Crippen molar-refractivity contribution in [3.8, 4) is 0 Å². The van der Waals surface area contributed by atoms with Crippen molar-refractivity contribution in [2.75, 3.05) is 5.09 Å². The molecular formula is C14H12ClFIN4O3P. The first kappa shape index (κ1) is 19.9. The second kappa shape index (κ2) is 8.31. The van der Waals surface area contributed by atoms with E-state index in [-0.39, 0.29) is 39.5 Å². The van der Waals surface area contributed by atoms with Crippen LogP contribution in [0.1, 0.15) is 28.5 Å². The zero-order chi connectivity index (χ0) is 18.7. The number of hydrogen-bond acceptors (Lipinski definition) is 6. The molecule has 2 atom stereocenters. The molecule has 7 nitrogen and oxygen atoms in total. The summed E-state index contributed by atoms with van der Waals surface area (Å²) in [6.45, 7) is 1.45. The van der Waals surface area contributed by atoms with Crippen molar-refractivity contribution in [3.05, 3.63) is 61.7 Å². The summed E-state index contributed by atoms with van der Waals surface area (Å²) < 4.78 is 14.0. The van der Waals surface area contributed by atoms with Crippen LogP contribution in [-0.4, -0.2) is 21.2 Å². The smallest absolute Gasteiger partial charge is 0.298 e. The number of hydrogen-bond donors (Lipinski definition) is 3. The van der Waals surface area contributed by atoms with Gasteiger partial charge in [0.25, 0.3) is 5.69 Å². The van der Waals surface area contributed by atoms with Gasteiger partial charge in [-0.3, -0.25) is 10.1 Å². The van der Waals surface area contributed by atoms with E-state index in [2.05, 4.69) is 10.1 Å². The molecule has 2 aromatic rings. The van der Waals surface area contributed by atoms with Gasteiger partial charge < -0.3 is 15.6 Å². The Balaban J connectivity index is 2.69. The van der Waals surface area contributed by atoms with E-state index in [1.807, 2.05) is 22.0 Å². The van der Waals surface area contributed by atoms with E-state index in [1.54, 1.807) is 0 Å². The van der Waals surface area contributed by atoms with E-state index in [0.29, 0.717) is 0 Å². The summed E-state index contributed by atoms with van der Waals surface area (Å²) in [6.07, 6.45) is 0.704. The van der Waals surface area contributed by atoms with Crippen LogP contribution in [-0.2, 0) is 0 Å². The average molecular weight is 497 g/mol. The number of pyridine rings is 1. The van der Waals surface area contributed by atoms with Crippen molar-refractivity contribution in [3.63, 3.8) is 0 Å². The molecule has 1 aromatic carbocycles. The molecule has 0 bridgehead atoms. The summed E-state index contributed by atoms with van der Waals surface area (Å²) in [4.78, 5) is 14.6. The number of nitro groups is 1. The molecule has 11 heteroatoms. The third-order valence-electron chi connectivity index (χ3n) is 3.55. The Hall–Kier alpha value is -1.42. The molecule has 0 radical (unpaired) electrons. The minimum absolute atomic E-state index is 0.0487. The van der Waals surface area contributed by atoms with Crippen LogP contribution in [0.15, 0.2) is 18.3 Å². The summed E-state index contributed by atoms with van der Waals surface area (Å²) in [7, 11) is 0. The number of nitrogens with zero attached hydrogens (tertiary/aromatic N) is 2. The van der Waals surface area contributed by atoms with Gasteiger partial charge in [0, 0.05) is 29.9 Å². The first-order valence-electron chi connectivity index (χ1n) is 6.75. The molecule has 0 saturated carbocycles. The van der Waals surface area contributed by atoms with Gasteiger partial charge in [-0.2, -0.15) is 0 Å². The monoisotopic (exact) mass is 496 g/mol. The second-order valence-corrected chi connectivity index (χ2v) is 7.38. The molecule has 0 aliphatic carbocycles. The molecule has 132 valence electrons. The molecule has 3 N–H and O–H groups in total. The zero-order valence-corrected chi connectivity index (χ0v) is 16.6. The molecule has 1 aromatic heterocycles. The molecule has 2 unspecified atom stereocenters. The van der Waals surface area contributed by atoms with Gasteiger partial charge in [-0.15, -0.1) is 0 Å². The molecular weight excluding hydrogens is 485 g/mol. The van der Waals surface area contributed by atoms with Crippen LogP contribution in [0.4, 0.5) is 15.8 Å². The number of aromatic nitrogens is 1. The van der Waals surface area contributed by atoms with Crippen molar-refractivity contribution < 1.29 is 14.4 Å². The van der Waals surface area contributed by atoms with E-state index in [1.165, 1.54) is 19.2 Å². The topological polar surface area (TPSA) is 112 Å². The Morgan fingerprint density at radius 2 is 2.28 bits per heavy atom. The fourth-order valence-corrected chi connectivity index (χ4v) is 3.64. The fraction of sp³-hybridized carbons (Fsp3) is 0.143. The maximum Gasteiger partial charge on any atom is 0.298 e. The van der Waals surface area contributed by atoms with Gasteiger partial charge in [-0.05, 0) is 40.6 Å². The lowest BCUT2D eigenvalue weighted by molar-refractivity contribution is -0.387. The zero-order valence-electron chi connectivity index (χ0n) is 12.7. The number of nitrogens with one attached hydrogen (secondary N) is 2. The van der Waals surface area contributed by atoms with Crippen molar-refractivity contribution in [1.82, 2.24) is 4.98 Å². The van der Waals surface area contributed by atoms with Crippen LogP contribution in [0.3, 0.4) is 0 Å². The molecule has 2 rings (SSSR count). The normalized spacial score (nSPS) is 12.4. The quantitative estimate of drug-likeness (QED) is 0.179. The summed E-state index contributed by atoms with van der Waals surface area (Å²) in [5.41, 5.74) is -0.185. The third-order valence-corrected chi connectivity index (χ3v) is 5.09. The van der Waals surface area contributed by atoms with Crippen molar-refractivity contribution in [2.24, 2.45) is 0 Å². The van der Waals surface area contributed by atoms with Gasteiger partial charge in [0.2, 0.25) is 0 Å². The Bertz CT molecular complexity index is 855. The third kappa shape index (κ3) is 3.89. The van der Waals surface area contributed by atoms with Gasteiger partial charge in [-0.25, -0.2) is 9.37 Å². The first-order valence-corrected chi connectivity index (χ1v) is 11.2. The maximum atomic E-state index is 14.0. The van der Waals surface area contributed by atoms with E-state index in [9.17, 15) is 19.6 Å². The largest absolute Gasteiger partial charge is 0.382 e. The summed E-state index contributed by atoms with van der Waals surface area (Å²) in [6, 6.07) is 2.40. The Morgan fingerprint density at radius 1 is 1.60 bits per heavy atom. The van der Waals surface area contributed by atoms with Gasteiger partial charge in [0.15, 0.2) is 5.69 Å². The Kier molecular flexibility index (Phi) is 6.61. The number of benzene rings is 1. The molecule has 0 amide bonds. The SMILES string of the molecule is Cc1c(Cl)cnc(C(O)c2ccc(F)c(NPI)c2C=N)c1[N+](=O)[O-]. The summed E-state index contributed by atoms with van der Waals surface area (Å²) in [5.74, 6) is -0.589. The van der Waals surface area contributed by atoms with Crippen LogP contribution in [0.5, 0.6) is 0 Å². The van der Waals surface area contributed by atoms with E-state index in [4.69, 9.17) is 17.0 Å². The van der Waals surface area contributed by atoms with Crippen molar-refractivity contribution in [2.45, 2.75) is 13.0 Å². The van der Waals surface area contributed by atoms with Crippen molar-refractivity contribution in [1.29, 1.82) is 5.41 Å². The molecule has 25 heavy (non-hydrogen) atoms. The van der Waals surface area contributed by atoms with Crippen molar-refractivity contribution >= 4 is 57.6 Å². The number of halogens is 3. The lowest BCUT2D eigenvalue weighted by atomic mass is 9.97. The highest BCUT2D eigenvalue weighted by atomic mass is 127. The average Bonchev–Trinajstić information content (AvgIpc) is 2.57. The minimum Gasteiger partial charge on any atom is -0.382 e. The van der Waals surface area contributed by atoms with E-state index < -0.39 is 22.5 Å². The molecule has 0 saturated heterocycles. The number of anilines is 1. The summed E-state index contributed by atoms with van der Waals surface area (Å²) >= 11 is 7.88. The fourth-order valence-electron chi connectivity index (χ4n) is 2.34. The first-order chi connectivity index (χ1) is 11.8. The Morgan fingerprint density at radius 3 is 2.84 bits per heavy atom. The number of aliphatic hydroxyl groups excluding tert-OH is 1. The van der Waals surface area contributed by atoms with Gasteiger partial charge in [-0.1, -0.05) is 17.7 Å². The molecule has 0 aliphatic rings. The van der Waals surface area contributed by atoms with E-state index >= 15 is 0 Å². The molecule has 1 heterocycles. The predicted molar refractivity (Wildman–Crippen MR) is 105 cm³/mol.